The van der Waals surface area contributed by atoms with Gasteiger partial charge in [0.15, 0.2) is 0 Å². The summed E-state index contributed by atoms with van der Waals surface area (Å²) in [5, 5.41) is 4.90. The minimum atomic E-state index is 0.277. The molecule has 1 N–H and O–H groups in total. The molecule has 1 unspecified atom stereocenters. The van der Waals surface area contributed by atoms with Crippen LogP contribution in [-0.2, 0) is 0 Å². The lowest BCUT2D eigenvalue weighted by Crippen LogP contribution is -2.20. The van der Waals surface area contributed by atoms with Gasteiger partial charge in [0.1, 0.15) is 0 Å². The Morgan fingerprint density at radius 1 is 1.24 bits per heavy atom. The van der Waals surface area contributed by atoms with Crippen molar-refractivity contribution in [2.24, 2.45) is 5.92 Å². The Morgan fingerprint density at radius 2 is 1.82 bits per heavy atom. The fourth-order valence-corrected chi connectivity index (χ4v) is 3.46. The summed E-state index contributed by atoms with van der Waals surface area (Å²) in [6.45, 7) is 0. The zero-order valence-corrected chi connectivity index (χ0v) is 11.7. The van der Waals surface area contributed by atoms with E-state index in [1.165, 1.54) is 25.7 Å². The zero-order chi connectivity index (χ0) is 12.3. The second-order valence-corrected chi connectivity index (χ2v) is 5.68. The summed E-state index contributed by atoms with van der Waals surface area (Å²) < 4.78 is 0. The molecule has 94 valence electrons. The van der Waals surface area contributed by atoms with Gasteiger partial charge in [0.2, 0.25) is 0 Å². The van der Waals surface area contributed by atoms with Gasteiger partial charge < -0.3 is 5.32 Å². The Hall–Kier alpha value is -0.240. The van der Waals surface area contributed by atoms with Crippen molar-refractivity contribution < 1.29 is 0 Å². The Bertz CT molecular complexity index is 352. The maximum atomic E-state index is 6.26. The van der Waals surface area contributed by atoms with E-state index < -0.39 is 0 Å². The normalized spacial score (nSPS) is 18.5. The number of hydrogen-bond acceptors (Lipinski definition) is 1. The molecular weight excluding hydrogens is 253 g/mol. The van der Waals surface area contributed by atoms with Crippen molar-refractivity contribution in [3.05, 3.63) is 33.8 Å². The highest BCUT2D eigenvalue weighted by atomic mass is 35.5. The number of rotatable bonds is 4. The van der Waals surface area contributed by atoms with E-state index in [-0.39, 0.29) is 6.04 Å². The number of halogens is 2. The number of benzene rings is 1. The van der Waals surface area contributed by atoms with Crippen molar-refractivity contribution in [2.75, 3.05) is 7.05 Å². The van der Waals surface area contributed by atoms with Crippen molar-refractivity contribution in [1.82, 2.24) is 5.32 Å². The minimum Gasteiger partial charge on any atom is -0.313 e. The number of nitrogens with one attached hydrogen (secondary N) is 1. The van der Waals surface area contributed by atoms with E-state index in [4.69, 9.17) is 23.2 Å². The summed E-state index contributed by atoms with van der Waals surface area (Å²) in [5.41, 5.74) is 1.06. The van der Waals surface area contributed by atoms with E-state index >= 15 is 0 Å². The van der Waals surface area contributed by atoms with Crippen LogP contribution in [-0.4, -0.2) is 7.05 Å². The third-order valence-corrected chi connectivity index (χ3v) is 4.40. The van der Waals surface area contributed by atoms with Crippen LogP contribution in [0.1, 0.15) is 43.7 Å². The van der Waals surface area contributed by atoms with Crippen LogP contribution in [0.2, 0.25) is 10.0 Å². The third-order valence-electron chi connectivity index (χ3n) is 3.74. The first kappa shape index (κ1) is 13.2. The van der Waals surface area contributed by atoms with Gasteiger partial charge in [0.25, 0.3) is 0 Å². The molecule has 0 bridgehead atoms. The molecule has 1 atom stereocenters. The maximum Gasteiger partial charge on any atom is 0.0468 e. The van der Waals surface area contributed by atoms with Crippen LogP contribution in [0.3, 0.4) is 0 Å². The van der Waals surface area contributed by atoms with Gasteiger partial charge >= 0.3 is 0 Å². The lowest BCUT2D eigenvalue weighted by molar-refractivity contribution is 0.413. The van der Waals surface area contributed by atoms with Crippen LogP contribution >= 0.6 is 23.2 Å². The molecule has 0 saturated heterocycles. The van der Waals surface area contributed by atoms with Crippen molar-refractivity contribution >= 4 is 23.2 Å². The van der Waals surface area contributed by atoms with Crippen molar-refractivity contribution in [3.8, 4) is 0 Å². The van der Waals surface area contributed by atoms with Gasteiger partial charge in [-0.15, -0.1) is 0 Å². The van der Waals surface area contributed by atoms with Crippen LogP contribution in [0, 0.1) is 5.92 Å². The van der Waals surface area contributed by atoms with Gasteiger partial charge in [-0.05, 0) is 31.5 Å². The first-order valence-electron chi connectivity index (χ1n) is 6.33. The standard InChI is InChI=1S/C14H19Cl2N/c1-17-13(9-10-5-2-3-6-10)14-11(15)7-4-8-12(14)16/h4,7-8,10,13,17H,2-3,5-6,9H2,1H3. The van der Waals surface area contributed by atoms with E-state index in [2.05, 4.69) is 5.32 Å². The van der Waals surface area contributed by atoms with E-state index in [1.807, 2.05) is 25.2 Å². The molecule has 1 aromatic carbocycles. The molecule has 3 heteroatoms. The summed E-state index contributed by atoms with van der Waals surface area (Å²) in [4.78, 5) is 0. The Labute approximate surface area is 114 Å². The van der Waals surface area contributed by atoms with E-state index in [0.29, 0.717) is 0 Å². The second kappa shape index (κ2) is 6.08. The number of hydrogen-bond donors (Lipinski definition) is 1. The molecule has 0 heterocycles. The average molecular weight is 272 g/mol. The third kappa shape index (κ3) is 3.15. The zero-order valence-electron chi connectivity index (χ0n) is 10.2. The largest absolute Gasteiger partial charge is 0.313 e. The molecule has 1 aliphatic carbocycles. The minimum absolute atomic E-state index is 0.277. The SMILES string of the molecule is CNC(CC1CCCC1)c1c(Cl)cccc1Cl. The lowest BCUT2D eigenvalue weighted by atomic mass is 9.93. The highest BCUT2D eigenvalue weighted by molar-refractivity contribution is 6.36. The molecule has 0 aliphatic heterocycles. The van der Waals surface area contributed by atoms with Crippen LogP contribution in [0.15, 0.2) is 18.2 Å². The molecular formula is C14H19Cl2N. The van der Waals surface area contributed by atoms with Crippen LogP contribution in [0.5, 0.6) is 0 Å². The average Bonchev–Trinajstić information content (AvgIpc) is 2.80. The smallest absolute Gasteiger partial charge is 0.0468 e. The van der Waals surface area contributed by atoms with Gasteiger partial charge in [0.05, 0.1) is 0 Å². The topological polar surface area (TPSA) is 12.0 Å². The monoisotopic (exact) mass is 271 g/mol. The molecule has 1 saturated carbocycles. The predicted molar refractivity (Wildman–Crippen MR) is 74.8 cm³/mol. The molecule has 0 aromatic heterocycles. The summed E-state index contributed by atoms with van der Waals surface area (Å²) in [6.07, 6.45) is 6.58. The molecule has 0 amide bonds. The van der Waals surface area contributed by atoms with Crippen LogP contribution in [0.4, 0.5) is 0 Å². The molecule has 1 aromatic rings. The van der Waals surface area contributed by atoms with Gasteiger partial charge in [-0.1, -0.05) is 55.0 Å². The van der Waals surface area contributed by atoms with Crippen LogP contribution in [0.25, 0.3) is 0 Å². The van der Waals surface area contributed by atoms with E-state index in [1.54, 1.807) is 0 Å². The Kier molecular flexibility index (Phi) is 4.72. The van der Waals surface area contributed by atoms with E-state index in [9.17, 15) is 0 Å². The van der Waals surface area contributed by atoms with Gasteiger partial charge in [-0.3, -0.25) is 0 Å². The van der Waals surface area contributed by atoms with Gasteiger partial charge in [0, 0.05) is 21.7 Å². The Morgan fingerprint density at radius 3 is 2.35 bits per heavy atom. The van der Waals surface area contributed by atoms with E-state index in [0.717, 1.165) is 27.9 Å². The fourth-order valence-electron chi connectivity index (χ4n) is 2.80. The highest BCUT2D eigenvalue weighted by Gasteiger charge is 2.23. The predicted octanol–water partition coefficient (Wildman–Crippen LogP) is 4.83. The Balaban J connectivity index is 2.16. The first-order valence-corrected chi connectivity index (χ1v) is 7.09. The van der Waals surface area contributed by atoms with Crippen molar-refractivity contribution in [2.45, 2.75) is 38.1 Å². The van der Waals surface area contributed by atoms with Crippen LogP contribution < -0.4 is 5.32 Å². The molecule has 0 spiro atoms. The summed E-state index contributed by atoms with van der Waals surface area (Å²) in [7, 11) is 1.99. The highest BCUT2D eigenvalue weighted by Crippen LogP contribution is 2.37. The van der Waals surface area contributed by atoms with Gasteiger partial charge in [-0.25, -0.2) is 0 Å². The molecule has 0 radical (unpaired) electrons. The molecule has 1 aliphatic rings. The molecule has 17 heavy (non-hydrogen) atoms. The van der Waals surface area contributed by atoms with Crippen molar-refractivity contribution in [1.29, 1.82) is 0 Å². The second-order valence-electron chi connectivity index (χ2n) is 4.86. The quantitative estimate of drug-likeness (QED) is 0.827. The summed E-state index contributed by atoms with van der Waals surface area (Å²) in [6, 6.07) is 6.01. The first-order chi connectivity index (χ1) is 8.22. The lowest BCUT2D eigenvalue weighted by Gasteiger charge is -2.22. The molecule has 1 fully saturated rings. The fraction of sp³-hybridized carbons (Fsp3) is 0.571. The maximum absolute atomic E-state index is 6.26. The molecule has 2 rings (SSSR count). The summed E-state index contributed by atoms with van der Waals surface area (Å²) in [5.74, 6) is 0.819. The van der Waals surface area contributed by atoms with Crippen molar-refractivity contribution in [3.63, 3.8) is 0 Å². The molecule has 1 nitrogen and oxygen atoms in total. The van der Waals surface area contributed by atoms with Gasteiger partial charge in [-0.2, -0.15) is 0 Å². The summed E-state index contributed by atoms with van der Waals surface area (Å²) >= 11 is 12.5.